The van der Waals surface area contributed by atoms with Crippen molar-refractivity contribution in [1.29, 1.82) is 0 Å². The van der Waals surface area contributed by atoms with E-state index in [9.17, 15) is 4.39 Å². The van der Waals surface area contributed by atoms with Gasteiger partial charge in [-0.15, -0.1) is 10.2 Å². The predicted octanol–water partition coefficient (Wildman–Crippen LogP) is 4.64. The molecule has 1 heterocycles. The molecule has 2 aromatic carbocycles. The van der Waals surface area contributed by atoms with Gasteiger partial charge in [-0.1, -0.05) is 41.3 Å². The van der Waals surface area contributed by atoms with E-state index in [1.54, 1.807) is 38.1 Å². The Hall–Kier alpha value is -2.32. The van der Waals surface area contributed by atoms with Crippen LogP contribution in [0.4, 0.5) is 9.52 Å². The smallest absolute Gasteiger partial charge is 0.206 e. The lowest BCUT2D eigenvalue weighted by Crippen LogP contribution is -2.04. The van der Waals surface area contributed by atoms with E-state index in [2.05, 4.69) is 15.5 Å². The van der Waals surface area contributed by atoms with Crippen molar-refractivity contribution < 1.29 is 13.9 Å². The molecule has 0 radical (unpaired) electrons. The van der Waals surface area contributed by atoms with Crippen molar-refractivity contribution in [3.63, 3.8) is 0 Å². The lowest BCUT2D eigenvalue weighted by molar-refractivity contribution is 0.354. The number of hydrogen-bond acceptors (Lipinski definition) is 7. The monoisotopic (exact) mass is 405 g/mol. The van der Waals surface area contributed by atoms with Crippen LogP contribution < -0.4 is 14.8 Å². The summed E-state index contributed by atoms with van der Waals surface area (Å²) in [7, 11) is 3.26. The van der Waals surface area contributed by atoms with Gasteiger partial charge in [0, 0.05) is 12.3 Å². The fourth-order valence-electron chi connectivity index (χ4n) is 2.42. The maximum absolute atomic E-state index is 12.9. The molecule has 5 nitrogen and oxygen atoms in total. The Bertz CT molecular complexity index is 872. The molecule has 142 valence electrons. The topological polar surface area (TPSA) is 56.3 Å². The van der Waals surface area contributed by atoms with Gasteiger partial charge in [0.1, 0.15) is 5.82 Å². The maximum atomic E-state index is 12.9. The molecule has 1 N–H and O–H groups in total. The Kier molecular flexibility index (Phi) is 6.89. The quantitative estimate of drug-likeness (QED) is 0.524. The summed E-state index contributed by atoms with van der Waals surface area (Å²) in [6, 6.07) is 12.4. The van der Waals surface area contributed by atoms with Gasteiger partial charge < -0.3 is 14.8 Å². The van der Waals surface area contributed by atoms with Gasteiger partial charge in [0.25, 0.3) is 0 Å². The van der Waals surface area contributed by atoms with Crippen LogP contribution in [0.3, 0.4) is 0 Å². The summed E-state index contributed by atoms with van der Waals surface area (Å²) in [6.45, 7) is 0.743. The third-order valence-corrected chi connectivity index (χ3v) is 5.91. The van der Waals surface area contributed by atoms with Crippen LogP contribution in [0.25, 0.3) is 0 Å². The van der Waals surface area contributed by atoms with Crippen LogP contribution in [0.5, 0.6) is 11.5 Å². The Labute approximate surface area is 165 Å². The highest BCUT2D eigenvalue weighted by atomic mass is 32.2. The van der Waals surface area contributed by atoms with Gasteiger partial charge in [0.2, 0.25) is 5.13 Å². The average molecular weight is 406 g/mol. The molecule has 0 saturated carbocycles. The number of halogens is 1. The van der Waals surface area contributed by atoms with E-state index >= 15 is 0 Å². The molecule has 0 bridgehead atoms. The minimum absolute atomic E-state index is 0.222. The number of aromatic nitrogens is 2. The molecule has 8 heteroatoms. The Morgan fingerprint density at radius 3 is 2.48 bits per heavy atom. The molecule has 0 aliphatic carbocycles. The van der Waals surface area contributed by atoms with E-state index < -0.39 is 0 Å². The standard InChI is InChI=1S/C19H20FN3O2S2/c1-24-16-8-5-13(11-17(16)25-2)9-10-21-18-22-23-19(27-18)26-12-14-3-6-15(20)7-4-14/h3-8,11H,9-10,12H2,1-2H3,(H,21,22). The second kappa shape index (κ2) is 9.57. The van der Waals surface area contributed by atoms with E-state index in [0.717, 1.165) is 50.8 Å². The first kappa shape index (κ1) is 19.4. The number of rotatable bonds is 9. The molecular weight excluding hydrogens is 385 g/mol. The number of nitrogens with one attached hydrogen (secondary N) is 1. The first-order valence-corrected chi connectivity index (χ1v) is 10.1. The lowest BCUT2D eigenvalue weighted by Gasteiger charge is -2.09. The number of anilines is 1. The van der Waals surface area contributed by atoms with Gasteiger partial charge in [0.05, 0.1) is 14.2 Å². The zero-order valence-corrected chi connectivity index (χ0v) is 16.7. The van der Waals surface area contributed by atoms with Crippen LogP contribution in [0.1, 0.15) is 11.1 Å². The summed E-state index contributed by atoms with van der Waals surface area (Å²) >= 11 is 3.11. The van der Waals surface area contributed by atoms with Crippen molar-refractivity contribution in [1.82, 2.24) is 10.2 Å². The van der Waals surface area contributed by atoms with E-state index in [-0.39, 0.29) is 5.82 Å². The van der Waals surface area contributed by atoms with Gasteiger partial charge in [-0.25, -0.2) is 4.39 Å². The summed E-state index contributed by atoms with van der Waals surface area (Å²) in [5.41, 5.74) is 2.20. The number of methoxy groups -OCH3 is 2. The van der Waals surface area contributed by atoms with Crippen LogP contribution in [0, 0.1) is 5.82 Å². The Balaban J connectivity index is 1.47. The van der Waals surface area contributed by atoms with Crippen LogP contribution in [0.15, 0.2) is 46.8 Å². The lowest BCUT2D eigenvalue weighted by atomic mass is 10.1. The first-order chi connectivity index (χ1) is 13.2. The van der Waals surface area contributed by atoms with Crippen LogP contribution in [0.2, 0.25) is 0 Å². The molecule has 27 heavy (non-hydrogen) atoms. The zero-order valence-electron chi connectivity index (χ0n) is 15.1. The van der Waals surface area contributed by atoms with Crippen molar-refractivity contribution in [2.45, 2.75) is 16.5 Å². The molecule has 1 aromatic heterocycles. The van der Waals surface area contributed by atoms with Crippen molar-refractivity contribution in [3.8, 4) is 11.5 Å². The summed E-state index contributed by atoms with van der Waals surface area (Å²) in [5.74, 6) is 1.97. The van der Waals surface area contributed by atoms with Crippen molar-refractivity contribution in [2.75, 3.05) is 26.1 Å². The highest BCUT2D eigenvalue weighted by Gasteiger charge is 2.07. The second-order valence-electron chi connectivity index (χ2n) is 5.65. The highest BCUT2D eigenvalue weighted by molar-refractivity contribution is 8.00. The number of benzene rings is 2. The largest absolute Gasteiger partial charge is 0.493 e. The Morgan fingerprint density at radius 1 is 1.00 bits per heavy atom. The fraction of sp³-hybridized carbons (Fsp3) is 0.263. The highest BCUT2D eigenvalue weighted by Crippen LogP contribution is 2.29. The minimum Gasteiger partial charge on any atom is -0.493 e. The number of ether oxygens (including phenoxy) is 2. The Morgan fingerprint density at radius 2 is 1.74 bits per heavy atom. The third-order valence-electron chi connectivity index (χ3n) is 3.82. The molecule has 0 spiro atoms. The zero-order chi connectivity index (χ0) is 19.1. The van der Waals surface area contributed by atoms with Gasteiger partial charge in [0.15, 0.2) is 15.8 Å². The molecule has 0 aliphatic rings. The molecule has 0 unspecified atom stereocenters. The molecule has 3 rings (SSSR count). The maximum Gasteiger partial charge on any atom is 0.206 e. The molecule has 0 amide bonds. The summed E-state index contributed by atoms with van der Waals surface area (Å²) in [5, 5.41) is 12.4. The number of hydrogen-bond donors (Lipinski definition) is 1. The molecule has 0 aliphatic heterocycles. The number of nitrogens with zero attached hydrogens (tertiary/aromatic N) is 2. The van der Waals surface area contributed by atoms with Crippen molar-refractivity contribution in [3.05, 3.63) is 59.4 Å². The molecule has 0 saturated heterocycles. The molecule has 0 fully saturated rings. The van der Waals surface area contributed by atoms with Crippen LogP contribution >= 0.6 is 23.1 Å². The normalized spacial score (nSPS) is 10.6. The number of thioether (sulfide) groups is 1. The van der Waals surface area contributed by atoms with Crippen molar-refractivity contribution >= 4 is 28.2 Å². The summed E-state index contributed by atoms with van der Waals surface area (Å²) in [6.07, 6.45) is 0.831. The SMILES string of the molecule is COc1ccc(CCNc2nnc(SCc3ccc(F)cc3)s2)cc1OC. The molecule has 3 aromatic rings. The van der Waals surface area contributed by atoms with Gasteiger partial charge in [-0.05, 0) is 41.8 Å². The van der Waals surface area contributed by atoms with Gasteiger partial charge >= 0.3 is 0 Å². The molecule has 0 atom stereocenters. The van der Waals surface area contributed by atoms with E-state index in [0.29, 0.717) is 0 Å². The summed E-state index contributed by atoms with van der Waals surface area (Å²) < 4.78 is 24.4. The summed E-state index contributed by atoms with van der Waals surface area (Å²) in [4.78, 5) is 0. The third kappa shape index (κ3) is 5.58. The van der Waals surface area contributed by atoms with Gasteiger partial charge in [-0.3, -0.25) is 0 Å². The minimum atomic E-state index is -0.222. The molecular formula is C19H20FN3O2S2. The van der Waals surface area contributed by atoms with E-state index in [1.807, 2.05) is 18.2 Å². The van der Waals surface area contributed by atoms with E-state index in [1.165, 1.54) is 23.5 Å². The van der Waals surface area contributed by atoms with Crippen LogP contribution in [-0.4, -0.2) is 31.0 Å². The fourth-order valence-corrected chi connectivity index (χ4v) is 4.15. The van der Waals surface area contributed by atoms with E-state index in [4.69, 9.17) is 9.47 Å². The van der Waals surface area contributed by atoms with Crippen molar-refractivity contribution in [2.24, 2.45) is 0 Å². The predicted molar refractivity (Wildman–Crippen MR) is 108 cm³/mol. The first-order valence-electron chi connectivity index (χ1n) is 8.33. The average Bonchev–Trinajstić information content (AvgIpc) is 3.15. The van der Waals surface area contributed by atoms with Crippen LogP contribution in [-0.2, 0) is 12.2 Å². The second-order valence-corrected chi connectivity index (χ2v) is 7.85. The van der Waals surface area contributed by atoms with Gasteiger partial charge in [-0.2, -0.15) is 0 Å².